The van der Waals surface area contributed by atoms with Crippen molar-refractivity contribution in [1.29, 1.82) is 0 Å². The highest BCUT2D eigenvalue weighted by atomic mass is 16.5. The van der Waals surface area contributed by atoms with Gasteiger partial charge in [0.2, 0.25) is 0 Å². The molecule has 1 aromatic carbocycles. The molecule has 0 amide bonds. The molecule has 4 aromatic rings. The quantitative estimate of drug-likeness (QED) is 0.566. The van der Waals surface area contributed by atoms with Crippen LogP contribution in [0.3, 0.4) is 0 Å². The van der Waals surface area contributed by atoms with Crippen LogP contribution in [-0.4, -0.2) is 38.3 Å². The van der Waals surface area contributed by atoms with Crippen LogP contribution in [0.25, 0.3) is 27.7 Å². The number of aromatic nitrogens is 4. The van der Waals surface area contributed by atoms with E-state index in [0.717, 1.165) is 39.1 Å². The van der Waals surface area contributed by atoms with Crippen molar-refractivity contribution in [2.45, 2.75) is 6.92 Å². The monoisotopic (exact) mass is 336 g/mol. The molecule has 4 rings (SSSR count). The van der Waals surface area contributed by atoms with Gasteiger partial charge in [-0.3, -0.25) is 9.78 Å². The zero-order valence-electron chi connectivity index (χ0n) is 13.7. The summed E-state index contributed by atoms with van der Waals surface area (Å²) in [5, 5.41) is 12.5. The molecule has 0 radical (unpaired) electrons. The first kappa shape index (κ1) is 16.4. The molecule has 7 heteroatoms. The van der Waals surface area contributed by atoms with Gasteiger partial charge in [0.1, 0.15) is 11.3 Å². The molecule has 0 spiro atoms. The van der Waals surface area contributed by atoms with E-state index in [4.69, 9.17) is 14.6 Å². The van der Waals surface area contributed by atoms with Gasteiger partial charge in [-0.1, -0.05) is 6.07 Å². The van der Waals surface area contributed by atoms with E-state index in [2.05, 4.69) is 15.1 Å². The fourth-order valence-electron chi connectivity index (χ4n) is 2.84. The van der Waals surface area contributed by atoms with Crippen LogP contribution in [-0.2, 0) is 4.79 Å². The molecule has 0 aliphatic heterocycles. The van der Waals surface area contributed by atoms with E-state index in [9.17, 15) is 0 Å². The maximum Gasteiger partial charge on any atom is 0.290 e. The Hall–Kier alpha value is -3.48. The van der Waals surface area contributed by atoms with Crippen LogP contribution in [0.5, 0.6) is 5.75 Å². The molecular weight excluding hydrogens is 320 g/mol. The Morgan fingerprint density at radius 3 is 2.68 bits per heavy atom. The topological polar surface area (TPSA) is 89.6 Å². The van der Waals surface area contributed by atoms with E-state index < -0.39 is 0 Å². The standard InChI is InChI=1S/C17H14N4O.CH2O2/c1-11-15(17-19-9-4-10-21(17)20-11)12-6-7-14(22-2)16-13(12)5-3-8-18-16;2-1-3/h3-10H,1-2H3;1H,(H,2,3). The fraction of sp³-hybridized carbons (Fsp3) is 0.111. The highest BCUT2D eigenvalue weighted by Gasteiger charge is 2.16. The van der Waals surface area contributed by atoms with Gasteiger partial charge in [-0.05, 0) is 36.8 Å². The van der Waals surface area contributed by atoms with Gasteiger partial charge in [0.15, 0.2) is 5.65 Å². The third-order valence-corrected chi connectivity index (χ3v) is 3.79. The summed E-state index contributed by atoms with van der Waals surface area (Å²) in [4.78, 5) is 17.3. The molecule has 0 saturated carbocycles. The highest BCUT2D eigenvalue weighted by molar-refractivity contribution is 6.01. The van der Waals surface area contributed by atoms with Crippen LogP contribution >= 0.6 is 0 Å². The molecule has 25 heavy (non-hydrogen) atoms. The lowest BCUT2D eigenvalue weighted by Gasteiger charge is -2.09. The number of methoxy groups -OCH3 is 1. The molecule has 0 atom stereocenters. The van der Waals surface area contributed by atoms with Crippen LogP contribution in [0.4, 0.5) is 0 Å². The van der Waals surface area contributed by atoms with E-state index >= 15 is 0 Å². The smallest absolute Gasteiger partial charge is 0.290 e. The molecule has 1 N–H and O–H groups in total. The van der Waals surface area contributed by atoms with E-state index in [-0.39, 0.29) is 6.47 Å². The van der Waals surface area contributed by atoms with Gasteiger partial charge in [0.25, 0.3) is 6.47 Å². The summed E-state index contributed by atoms with van der Waals surface area (Å²) >= 11 is 0. The average molecular weight is 336 g/mol. The van der Waals surface area contributed by atoms with E-state index in [0.29, 0.717) is 0 Å². The van der Waals surface area contributed by atoms with Crippen molar-refractivity contribution in [1.82, 2.24) is 19.6 Å². The molecule has 0 unspecified atom stereocenters. The molecule has 126 valence electrons. The second-order valence-electron chi connectivity index (χ2n) is 5.17. The zero-order chi connectivity index (χ0) is 17.8. The third kappa shape index (κ3) is 2.87. The first-order chi connectivity index (χ1) is 12.2. The van der Waals surface area contributed by atoms with Crippen molar-refractivity contribution in [2.75, 3.05) is 7.11 Å². The number of pyridine rings is 1. The fourth-order valence-corrected chi connectivity index (χ4v) is 2.84. The van der Waals surface area contributed by atoms with Crippen molar-refractivity contribution >= 4 is 23.0 Å². The lowest BCUT2D eigenvalue weighted by atomic mass is 10.0. The zero-order valence-corrected chi connectivity index (χ0v) is 13.7. The summed E-state index contributed by atoms with van der Waals surface area (Å²) in [6.45, 7) is 1.75. The number of fused-ring (bicyclic) bond motifs is 2. The van der Waals surface area contributed by atoms with Gasteiger partial charge >= 0.3 is 0 Å². The number of carbonyl (C=O) groups is 1. The normalized spacial score (nSPS) is 10.3. The highest BCUT2D eigenvalue weighted by Crippen LogP contribution is 2.36. The molecule has 7 nitrogen and oxygen atoms in total. The van der Waals surface area contributed by atoms with Gasteiger partial charge in [0.05, 0.1) is 18.4 Å². The molecule has 0 fully saturated rings. The minimum Gasteiger partial charge on any atom is -0.494 e. The van der Waals surface area contributed by atoms with Crippen LogP contribution in [0.1, 0.15) is 5.69 Å². The molecule has 3 heterocycles. The van der Waals surface area contributed by atoms with Crippen LogP contribution in [0.2, 0.25) is 0 Å². The van der Waals surface area contributed by atoms with Gasteiger partial charge in [-0.15, -0.1) is 0 Å². The van der Waals surface area contributed by atoms with Crippen LogP contribution in [0.15, 0.2) is 48.9 Å². The van der Waals surface area contributed by atoms with Crippen molar-refractivity contribution in [3.8, 4) is 16.9 Å². The second kappa shape index (κ2) is 6.96. The predicted octanol–water partition coefficient (Wildman–Crippen LogP) is 2.96. The minimum atomic E-state index is -0.250. The van der Waals surface area contributed by atoms with E-state index in [1.54, 1.807) is 24.0 Å². The molecule has 0 saturated heterocycles. The summed E-state index contributed by atoms with van der Waals surface area (Å²) in [7, 11) is 1.66. The number of aryl methyl sites for hydroxylation is 1. The Bertz CT molecular complexity index is 1040. The van der Waals surface area contributed by atoms with E-state index in [1.807, 2.05) is 43.5 Å². The summed E-state index contributed by atoms with van der Waals surface area (Å²) in [6, 6.07) is 9.83. The van der Waals surface area contributed by atoms with Crippen molar-refractivity contribution < 1.29 is 14.6 Å². The van der Waals surface area contributed by atoms with Gasteiger partial charge < -0.3 is 9.84 Å². The van der Waals surface area contributed by atoms with Gasteiger partial charge in [-0.2, -0.15) is 5.10 Å². The summed E-state index contributed by atoms with van der Waals surface area (Å²) in [5.41, 5.74) is 4.72. The Balaban J connectivity index is 0.000000569. The summed E-state index contributed by atoms with van der Waals surface area (Å²) < 4.78 is 7.22. The maximum atomic E-state index is 8.36. The number of hydrogen-bond acceptors (Lipinski definition) is 5. The van der Waals surface area contributed by atoms with E-state index in [1.165, 1.54) is 0 Å². The Morgan fingerprint density at radius 1 is 1.16 bits per heavy atom. The molecule has 0 aliphatic rings. The Labute approximate surface area is 143 Å². The first-order valence-corrected chi connectivity index (χ1v) is 7.51. The maximum absolute atomic E-state index is 8.36. The Kier molecular flexibility index (Phi) is 4.56. The second-order valence-corrected chi connectivity index (χ2v) is 5.17. The first-order valence-electron chi connectivity index (χ1n) is 7.51. The Morgan fingerprint density at radius 2 is 1.92 bits per heavy atom. The summed E-state index contributed by atoms with van der Waals surface area (Å²) in [5.74, 6) is 0.765. The van der Waals surface area contributed by atoms with Crippen LogP contribution < -0.4 is 4.74 Å². The molecule has 0 bridgehead atoms. The third-order valence-electron chi connectivity index (χ3n) is 3.79. The number of nitrogens with zero attached hydrogens (tertiary/aromatic N) is 4. The lowest BCUT2D eigenvalue weighted by molar-refractivity contribution is -0.122. The molecular formula is C18H16N4O3. The molecule has 0 aliphatic carbocycles. The van der Waals surface area contributed by atoms with Crippen LogP contribution in [0, 0.1) is 6.92 Å². The average Bonchev–Trinajstić information content (AvgIpc) is 2.97. The van der Waals surface area contributed by atoms with Crippen molar-refractivity contribution in [3.63, 3.8) is 0 Å². The number of hydrogen-bond donors (Lipinski definition) is 1. The number of benzene rings is 1. The largest absolute Gasteiger partial charge is 0.494 e. The van der Waals surface area contributed by atoms with Crippen molar-refractivity contribution in [3.05, 3.63) is 54.6 Å². The van der Waals surface area contributed by atoms with Gasteiger partial charge in [-0.25, -0.2) is 9.50 Å². The molecule has 3 aromatic heterocycles. The lowest BCUT2D eigenvalue weighted by Crippen LogP contribution is -1.91. The van der Waals surface area contributed by atoms with Crippen molar-refractivity contribution in [2.24, 2.45) is 0 Å². The SMILES string of the molecule is COc1ccc(-c2c(C)nn3cccnc23)c2cccnc12.O=CO. The minimum absolute atomic E-state index is 0.250. The number of rotatable bonds is 2. The number of ether oxygens (including phenoxy) is 1. The van der Waals surface area contributed by atoms with Gasteiger partial charge in [0, 0.05) is 24.0 Å². The predicted molar refractivity (Wildman–Crippen MR) is 93.7 cm³/mol. The number of carboxylic acid groups (broad SMARTS) is 1. The summed E-state index contributed by atoms with van der Waals surface area (Å²) in [6.07, 6.45) is 5.46.